The molecule has 7 heteroatoms. The highest BCUT2D eigenvalue weighted by molar-refractivity contribution is 5.75. The molecule has 0 radical (unpaired) electrons. The minimum Gasteiger partial charge on any atom is -0.468 e. The molecule has 1 rings (SSSR count). The van der Waals surface area contributed by atoms with Crippen LogP contribution in [0, 0.1) is 17.2 Å². The van der Waals surface area contributed by atoms with Crippen LogP contribution < -0.4 is 0 Å². The van der Waals surface area contributed by atoms with E-state index in [0.717, 1.165) is 0 Å². The van der Waals surface area contributed by atoms with E-state index in [-0.39, 0.29) is 0 Å². The maximum absolute atomic E-state index is 12.4. The van der Waals surface area contributed by atoms with Crippen molar-refractivity contribution in [2.24, 2.45) is 5.92 Å². The molecule has 4 nitrogen and oxygen atoms in total. The van der Waals surface area contributed by atoms with Gasteiger partial charge in [0.05, 0.1) is 13.2 Å². The molecular weight excluding hydrogens is 237 g/mol. The van der Waals surface area contributed by atoms with Crippen LogP contribution in [0.1, 0.15) is 12.8 Å². The number of nitriles is 1. The SMILES string of the molecule is COC(=O)C1CCCN1CC(C#N)C(F)(F)F. The van der Waals surface area contributed by atoms with Gasteiger partial charge in [-0.2, -0.15) is 18.4 Å². The summed E-state index contributed by atoms with van der Waals surface area (Å²) in [6.45, 7) is -0.0895. The van der Waals surface area contributed by atoms with Crippen molar-refractivity contribution in [3.63, 3.8) is 0 Å². The van der Waals surface area contributed by atoms with Crippen LogP contribution in [0.15, 0.2) is 0 Å². The van der Waals surface area contributed by atoms with E-state index >= 15 is 0 Å². The molecule has 17 heavy (non-hydrogen) atoms. The summed E-state index contributed by atoms with van der Waals surface area (Å²) in [6.07, 6.45) is -3.45. The minimum absolute atomic E-state index is 0.383. The molecule has 1 saturated heterocycles. The van der Waals surface area contributed by atoms with Crippen LogP contribution in [0.25, 0.3) is 0 Å². The van der Waals surface area contributed by atoms with E-state index in [0.29, 0.717) is 19.4 Å². The lowest BCUT2D eigenvalue weighted by atomic mass is 10.1. The predicted octanol–water partition coefficient (Wildman–Crippen LogP) is 1.33. The van der Waals surface area contributed by atoms with Crippen molar-refractivity contribution in [3.8, 4) is 6.07 Å². The summed E-state index contributed by atoms with van der Waals surface area (Å²) in [6, 6.07) is 0.573. The van der Waals surface area contributed by atoms with Gasteiger partial charge in [0.2, 0.25) is 0 Å². The highest BCUT2D eigenvalue weighted by Crippen LogP contribution is 2.29. The summed E-state index contributed by atoms with van der Waals surface area (Å²) in [5.74, 6) is -2.60. The highest BCUT2D eigenvalue weighted by Gasteiger charge is 2.43. The molecule has 0 aliphatic carbocycles. The zero-order chi connectivity index (χ0) is 13.1. The van der Waals surface area contributed by atoms with Gasteiger partial charge in [0.25, 0.3) is 0 Å². The van der Waals surface area contributed by atoms with Gasteiger partial charge in [-0.3, -0.25) is 9.69 Å². The number of hydrogen-bond donors (Lipinski definition) is 0. The Morgan fingerprint density at radius 2 is 2.29 bits per heavy atom. The molecule has 0 saturated carbocycles. The molecule has 0 aromatic rings. The molecular formula is C10H13F3N2O2. The van der Waals surface area contributed by atoms with E-state index in [4.69, 9.17) is 5.26 Å². The van der Waals surface area contributed by atoms with Crippen LogP contribution in [0.2, 0.25) is 0 Å². The highest BCUT2D eigenvalue weighted by atomic mass is 19.4. The van der Waals surface area contributed by atoms with Crippen LogP contribution in [-0.4, -0.2) is 43.3 Å². The summed E-state index contributed by atoms with van der Waals surface area (Å²) >= 11 is 0. The van der Waals surface area contributed by atoms with Gasteiger partial charge in [0.15, 0.2) is 5.92 Å². The summed E-state index contributed by atoms with van der Waals surface area (Å²) < 4.78 is 41.8. The lowest BCUT2D eigenvalue weighted by molar-refractivity contribution is -0.166. The Labute approximate surface area is 96.9 Å². The number of rotatable bonds is 3. The smallest absolute Gasteiger partial charge is 0.405 e. The van der Waals surface area contributed by atoms with Gasteiger partial charge in [-0.15, -0.1) is 0 Å². The van der Waals surface area contributed by atoms with Gasteiger partial charge in [-0.1, -0.05) is 0 Å². The van der Waals surface area contributed by atoms with Gasteiger partial charge >= 0.3 is 12.1 Å². The molecule has 96 valence electrons. The lowest BCUT2D eigenvalue weighted by Crippen LogP contribution is -2.42. The largest absolute Gasteiger partial charge is 0.468 e. The Kier molecular flexibility index (Phi) is 4.34. The van der Waals surface area contributed by atoms with Crippen molar-refractivity contribution in [1.82, 2.24) is 4.90 Å². The Hall–Kier alpha value is -1.29. The molecule has 1 aliphatic heterocycles. The van der Waals surface area contributed by atoms with Gasteiger partial charge in [-0.05, 0) is 19.4 Å². The first-order valence-corrected chi connectivity index (χ1v) is 5.18. The van der Waals surface area contributed by atoms with Crippen LogP contribution in [0.5, 0.6) is 0 Å². The number of hydrogen-bond acceptors (Lipinski definition) is 4. The average Bonchev–Trinajstić information content (AvgIpc) is 2.71. The second-order valence-corrected chi connectivity index (χ2v) is 3.90. The van der Waals surface area contributed by atoms with Gasteiger partial charge in [0.1, 0.15) is 6.04 Å². The molecule has 1 fully saturated rings. The van der Waals surface area contributed by atoms with E-state index in [1.165, 1.54) is 18.1 Å². The summed E-state index contributed by atoms with van der Waals surface area (Å²) in [5, 5.41) is 8.49. The van der Waals surface area contributed by atoms with E-state index in [9.17, 15) is 18.0 Å². The maximum atomic E-state index is 12.4. The number of likely N-dealkylation sites (tertiary alicyclic amines) is 1. The first-order chi connectivity index (χ1) is 7.90. The lowest BCUT2D eigenvalue weighted by Gasteiger charge is -2.25. The molecule has 0 bridgehead atoms. The fourth-order valence-electron chi connectivity index (χ4n) is 1.90. The number of alkyl halides is 3. The van der Waals surface area contributed by atoms with Crippen molar-refractivity contribution >= 4 is 5.97 Å². The van der Waals surface area contributed by atoms with Crippen molar-refractivity contribution in [1.29, 1.82) is 5.26 Å². The zero-order valence-electron chi connectivity index (χ0n) is 9.33. The second kappa shape index (κ2) is 5.36. The Bertz CT molecular complexity index is 324. The Morgan fingerprint density at radius 1 is 1.65 bits per heavy atom. The summed E-state index contributed by atoms with van der Waals surface area (Å²) in [7, 11) is 1.20. The van der Waals surface area contributed by atoms with E-state index in [1.54, 1.807) is 0 Å². The maximum Gasteiger partial charge on any atom is 0.405 e. The number of halogens is 3. The second-order valence-electron chi connectivity index (χ2n) is 3.90. The number of nitrogens with zero attached hydrogens (tertiary/aromatic N) is 2. The topological polar surface area (TPSA) is 53.3 Å². The standard InChI is InChI=1S/C10H13F3N2O2/c1-17-9(16)8-3-2-4-15(8)6-7(5-14)10(11,12)13/h7-8H,2-4,6H2,1H3. The molecule has 0 spiro atoms. The van der Waals surface area contributed by atoms with Gasteiger partial charge in [-0.25, -0.2) is 0 Å². The third kappa shape index (κ3) is 3.33. The van der Waals surface area contributed by atoms with Crippen LogP contribution in [-0.2, 0) is 9.53 Å². The fraction of sp³-hybridized carbons (Fsp3) is 0.800. The van der Waals surface area contributed by atoms with Crippen LogP contribution in [0.4, 0.5) is 13.2 Å². The molecule has 0 N–H and O–H groups in total. The average molecular weight is 250 g/mol. The van der Waals surface area contributed by atoms with Crippen LogP contribution in [0.3, 0.4) is 0 Å². The minimum atomic E-state index is -4.56. The monoisotopic (exact) mass is 250 g/mol. The molecule has 2 unspecified atom stereocenters. The molecule has 0 aromatic heterocycles. The normalized spacial score (nSPS) is 23.1. The third-order valence-electron chi connectivity index (χ3n) is 2.80. The van der Waals surface area contributed by atoms with Gasteiger partial charge < -0.3 is 4.74 Å². The number of esters is 1. The van der Waals surface area contributed by atoms with E-state index in [1.807, 2.05) is 0 Å². The van der Waals surface area contributed by atoms with Gasteiger partial charge in [0, 0.05) is 6.54 Å². The first kappa shape index (κ1) is 13.8. The molecule has 1 aliphatic rings. The number of carbonyl (C=O) groups is 1. The fourth-order valence-corrected chi connectivity index (χ4v) is 1.90. The van der Waals surface area contributed by atoms with Crippen molar-refractivity contribution in [2.45, 2.75) is 25.1 Å². The third-order valence-corrected chi connectivity index (χ3v) is 2.80. The van der Waals surface area contributed by atoms with E-state index in [2.05, 4.69) is 4.74 Å². The van der Waals surface area contributed by atoms with E-state index < -0.39 is 30.7 Å². The Morgan fingerprint density at radius 3 is 2.76 bits per heavy atom. The van der Waals surface area contributed by atoms with Crippen molar-refractivity contribution in [3.05, 3.63) is 0 Å². The van der Waals surface area contributed by atoms with Crippen molar-refractivity contribution in [2.75, 3.05) is 20.2 Å². The summed E-state index contributed by atoms with van der Waals surface area (Å²) in [4.78, 5) is 12.7. The number of methoxy groups -OCH3 is 1. The number of ether oxygens (including phenoxy) is 1. The molecule has 0 aromatic carbocycles. The van der Waals surface area contributed by atoms with Crippen LogP contribution >= 0.6 is 0 Å². The predicted molar refractivity (Wildman–Crippen MR) is 51.8 cm³/mol. The summed E-state index contributed by atoms with van der Waals surface area (Å²) in [5.41, 5.74) is 0. The quantitative estimate of drug-likeness (QED) is 0.709. The Balaban J connectivity index is 2.67. The molecule has 0 amide bonds. The number of carbonyl (C=O) groups excluding carboxylic acids is 1. The van der Waals surface area contributed by atoms with Crippen molar-refractivity contribution < 1.29 is 22.7 Å². The molecule has 2 atom stereocenters. The first-order valence-electron chi connectivity index (χ1n) is 5.18. The molecule has 1 heterocycles. The zero-order valence-corrected chi connectivity index (χ0v) is 9.33.